The van der Waals surface area contributed by atoms with Crippen LogP contribution in [0.5, 0.6) is 0 Å². The Bertz CT molecular complexity index is 1090. The summed E-state index contributed by atoms with van der Waals surface area (Å²) in [4.78, 5) is 14.8. The molecular formula is C22H20ClN5O. The van der Waals surface area contributed by atoms with Gasteiger partial charge in [-0.3, -0.25) is 9.48 Å². The molecule has 3 aromatic rings. The largest absolute Gasteiger partial charge is 0.330 e. The molecule has 0 bridgehead atoms. The number of carbonyl (C=O) groups is 1. The summed E-state index contributed by atoms with van der Waals surface area (Å²) >= 11 is 6.28. The van der Waals surface area contributed by atoms with Crippen LogP contribution in [0.25, 0.3) is 11.3 Å². The van der Waals surface area contributed by atoms with Gasteiger partial charge in [0.25, 0.3) is 5.91 Å². The van der Waals surface area contributed by atoms with Gasteiger partial charge in [0.15, 0.2) is 0 Å². The Kier molecular flexibility index (Phi) is 5.10. The maximum absolute atomic E-state index is 13.0. The zero-order chi connectivity index (χ0) is 20.5. The van der Waals surface area contributed by atoms with Crippen molar-refractivity contribution in [1.82, 2.24) is 14.7 Å². The molecule has 0 saturated carbocycles. The van der Waals surface area contributed by atoms with E-state index in [2.05, 4.69) is 11.2 Å². The van der Waals surface area contributed by atoms with E-state index in [1.807, 2.05) is 42.3 Å². The topological polar surface area (TPSA) is 87.9 Å². The van der Waals surface area contributed by atoms with E-state index in [0.29, 0.717) is 35.7 Å². The maximum Gasteiger partial charge on any atom is 0.254 e. The van der Waals surface area contributed by atoms with Crippen LogP contribution in [0.15, 0.2) is 48.7 Å². The zero-order valence-electron chi connectivity index (χ0n) is 16.0. The molecule has 7 heteroatoms. The molecule has 0 unspecified atom stereocenters. The standard InChI is InChI=1S/C22H20ClN5O/c1-27-21(20(23)12-26-27)16-6-7-19-17(9-16)13-28(22(19)29)18(11-25)8-14-2-4-15(10-24)5-3-14/h2-7,9,12,18H,8,11,13,25H2,1H3/t18-/m0/s1. The van der Waals surface area contributed by atoms with Crippen LogP contribution < -0.4 is 5.73 Å². The van der Waals surface area contributed by atoms with Crippen LogP contribution in [0.3, 0.4) is 0 Å². The predicted octanol–water partition coefficient (Wildman–Crippen LogP) is 3.14. The highest BCUT2D eigenvalue weighted by Gasteiger charge is 2.32. The minimum Gasteiger partial charge on any atom is -0.330 e. The molecule has 2 heterocycles. The van der Waals surface area contributed by atoms with Crippen LogP contribution in [-0.4, -0.2) is 33.2 Å². The molecule has 29 heavy (non-hydrogen) atoms. The van der Waals surface area contributed by atoms with Gasteiger partial charge >= 0.3 is 0 Å². The van der Waals surface area contributed by atoms with Crippen LogP contribution in [0.4, 0.5) is 0 Å². The highest BCUT2D eigenvalue weighted by Crippen LogP contribution is 2.32. The van der Waals surface area contributed by atoms with Crippen molar-refractivity contribution in [3.8, 4) is 17.3 Å². The summed E-state index contributed by atoms with van der Waals surface area (Å²) in [6.07, 6.45) is 2.26. The molecule has 4 rings (SSSR count). The third-order valence-electron chi connectivity index (χ3n) is 5.37. The Balaban J connectivity index is 1.58. The van der Waals surface area contributed by atoms with Crippen molar-refractivity contribution in [2.45, 2.75) is 19.0 Å². The average Bonchev–Trinajstić information content (AvgIpc) is 3.25. The van der Waals surface area contributed by atoms with Crippen molar-refractivity contribution >= 4 is 17.5 Å². The van der Waals surface area contributed by atoms with Crippen LogP contribution in [-0.2, 0) is 20.0 Å². The first-order valence-corrected chi connectivity index (χ1v) is 9.70. The fourth-order valence-electron chi connectivity index (χ4n) is 3.83. The van der Waals surface area contributed by atoms with Crippen LogP contribution in [0, 0.1) is 11.3 Å². The fraction of sp³-hybridized carbons (Fsp3) is 0.227. The molecule has 1 aliphatic heterocycles. The van der Waals surface area contributed by atoms with Crippen LogP contribution >= 0.6 is 11.6 Å². The van der Waals surface area contributed by atoms with Crippen molar-refractivity contribution in [1.29, 1.82) is 5.26 Å². The summed E-state index contributed by atoms with van der Waals surface area (Å²) in [5.41, 5.74) is 11.1. The maximum atomic E-state index is 13.0. The van der Waals surface area contributed by atoms with E-state index in [0.717, 1.165) is 22.4 Å². The molecule has 1 aromatic heterocycles. The van der Waals surface area contributed by atoms with Gasteiger partial charge < -0.3 is 10.6 Å². The van der Waals surface area contributed by atoms with Gasteiger partial charge in [-0.2, -0.15) is 10.4 Å². The second-order valence-electron chi connectivity index (χ2n) is 7.17. The minimum absolute atomic E-state index is 0.00764. The van der Waals surface area contributed by atoms with Gasteiger partial charge in [-0.25, -0.2) is 0 Å². The highest BCUT2D eigenvalue weighted by atomic mass is 35.5. The summed E-state index contributed by atoms with van der Waals surface area (Å²) in [5.74, 6) is -0.00764. The number of halogens is 1. The number of benzene rings is 2. The quantitative estimate of drug-likeness (QED) is 0.706. The van der Waals surface area contributed by atoms with Gasteiger partial charge in [0.05, 0.1) is 28.5 Å². The van der Waals surface area contributed by atoms with Crippen LogP contribution in [0.1, 0.15) is 27.0 Å². The van der Waals surface area contributed by atoms with Gasteiger partial charge in [-0.15, -0.1) is 0 Å². The van der Waals surface area contributed by atoms with E-state index < -0.39 is 0 Å². The van der Waals surface area contributed by atoms with Gasteiger partial charge in [0.2, 0.25) is 0 Å². The van der Waals surface area contributed by atoms with E-state index in [1.54, 1.807) is 23.0 Å². The normalized spacial score (nSPS) is 14.0. The van der Waals surface area contributed by atoms with Gasteiger partial charge in [0, 0.05) is 37.3 Å². The predicted molar refractivity (Wildman–Crippen MR) is 111 cm³/mol. The lowest BCUT2D eigenvalue weighted by Crippen LogP contribution is -2.42. The number of carbonyl (C=O) groups excluding carboxylic acids is 1. The van der Waals surface area contributed by atoms with E-state index in [-0.39, 0.29) is 11.9 Å². The number of fused-ring (bicyclic) bond motifs is 1. The summed E-state index contributed by atoms with van der Waals surface area (Å²) < 4.78 is 1.73. The first-order valence-electron chi connectivity index (χ1n) is 9.32. The van der Waals surface area contributed by atoms with Crippen molar-refractivity contribution in [3.05, 3.63) is 75.9 Å². The number of hydrogen-bond acceptors (Lipinski definition) is 4. The van der Waals surface area contributed by atoms with Crippen molar-refractivity contribution < 1.29 is 4.79 Å². The van der Waals surface area contributed by atoms with Crippen molar-refractivity contribution in [2.75, 3.05) is 6.54 Å². The third kappa shape index (κ3) is 3.51. The van der Waals surface area contributed by atoms with Gasteiger partial charge in [-0.05, 0) is 41.8 Å². The smallest absolute Gasteiger partial charge is 0.254 e. The fourth-order valence-corrected chi connectivity index (χ4v) is 4.10. The number of hydrogen-bond donors (Lipinski definition) is 1. The summed E-state index contributed by atoms with van der Waals surface area (Å²) in [5, 5.41) is 13.7. The number of nitrogens with zero attached hydrogens (tertiary/aromatic N) is 4. The Hall–Kier alpha value is -3.14. The first-order chi connectivity index (χ1) is 14.0. The number of nitriles is 1. The number of rotatable bonds is 5. The number of aryl methyl sites for hydroxylation is 1. The molecule has 1 amide bonds. The van der Waals surface area contributed by atoms with E-state index in [4.69, 9.17) is 22.6 Å². The van der Waals surface area contributed by atoms with Crippen molar-refractivity contribution in [3.63, 3.8) is 0 Å². The molecule has 0 aliphatic carbocycles. The monoisotopic (exact) mass is 405 g/mol. The van der Waals surface area contributed by atoms with Crippen molar-refractivity contribution in [2.24, 2.45) is 12.8 Å². The molecule has 0 radical (unpaired) electrons. The average molecular weight is 406 g/mol. The Morgan fingerprint density at radius 3 is 2.66 bits per heavy atom. The highest BCUT2D eigenvalue weighted by molar-refractivity contribution is 6.33. The number of aromatic nitrogens is 2. The molecule has 0 spiro atoms. The van der Waals surface area contributed by atoms with E-state index in [9.17, 15) is 4.79 Å². The van der Waals surface area contributed by atoms with Gasteiger partial charge in [-0.1, -0.05) is 29.8 Å². The van der Waals surface area contributed by atoms with E-state index in [1.165, 1.54) is 0 Å². The number of nitrogens with two attached hydrogens (primary N) is 1. The molecule has 2 N–H and O–H groups in total. The van der Waals surface area contributed by atoms with Gasteiger partial charge in [0.1, 0.15) is 0 Å². The minimum atomic E-state index is -0.119. The second-order valence-corrected chi connectivity index (χ2v) is 7.58. The molecule has 2 aromatic carbocycles. The lowest BCUT2D eigenvalue weighted by atomic mass is 10.0. The summed E-state index contributed by atoms with van der Waals surface area (Å²) in [7, 11) is 1.84. The lowest BCUT2D eigenvalue weighted by Gasteiger charge is -2.26. The van der Waals surface area contributed by atoms with E-state index >= 15 is 0 Å². The zero-order valence-corrected chi connectivity index (χ0v) is 16.7. The summed E-state index contributed by atoms with van der Waals surface area (Å²) in [6.45, 7) is 0.871. The second kappa shape index (κ2) is 7.70. The molecule has 1 aliphatic rings. The Labute approximate surface area is 174 Å². The summed E-state index contributed by atoms with van der Waals surface area (Å²) in [6, 6.07) is 15.2. The molecule has 146 valence electrons. The lowest BCUT2D eigenvalue weighted by molar-refractivity contribution is 0.0708. The SMILES string of the molecule is Cn1ncc(Cl)c1-c1ccc2c(c1)CN([C@H](CN)Cc1ccc(C#N)cc1)C2=O. The molecule has 1 atom stereocenters. The Morgan fingerprint density at radius 2 is 2.03 bits per heavy atom. The third-order valence-corrected chi connectivity index (χ3v) is 5.65. The molecule has 0 saturated heterocycles. The number of amides is 1. The van der Waals surface area contributed by atoms with Crippen LogP contribution in [0.2, 0.25) is 5.02 Å². The Morgan fingerprint density at radius 1 is 1.28 bits per heavy atom. The first kappa shape index (κ1) is 19.2. The molecule has 6 nitrogen and oxygen atoms in total. The molecule has 0 fully saturated rings. The molecular weight excluding hydrogens is 386 g/mol.